The smallest absolute Gasteiger partial charge is 0.198 e. The maximum Gasteiger partial charge on any atom is 0.213 e. The molecule has 0 bridgehead atoms. The molecule has 2 aliphatic heterocycles. The van der Waals surface area contributed by atoms with Gasteiger partial charge in [0.15, 0.2) is 6.20 Å². The Morgan fingerprint density at radius 3 is 2.08 bits per heavy atom. The molecule has 0 N–H and O–H groups in total. The van der Waals surface area contributed by atoms with Crippen molar-refractivity contribution in [3.63, 3.8) is 0 Å². The second kappa shape index (κ2) is 13.2. The Morgan fingerprint density at radius 2 is 1.34 bits per heavy atom. The van der Waals surface area contributed by atoms with Gasteiger partial charge >= 0.3 is 0 Å². The number of rotatable bonds is 6. The molecule has 1 atom stereocenters. The molecular formula is C50H49N2P+2. The molecular weight excluding hydrogens is 660 g/mol. The van der Waals surface area contributed by atoms with E-state index >= 15 is 0 Å². The number of hydrogen-bond donors (Lipinski definition) is 0. The maximum absolute atomic E-state index is 2.54. The summed E-state index contributed by atoms with van der Waals surface area (Å²) in [5, 5.41) is 5.70. The minimum Gasteiger partial charge on any atom is -0.198 e. The monoisotopic (exact) mass is 708 g/mol. The molecule has 4 heterocycles. The first-order valence-corrected chi connectivity index (χ1v) is 20.8. The van der Waals surface area contributed by atoms with E-state index in [1.165, 1.54) is 77.1 Å². The van der Waals surface area contributed by atoms with E-state index in [2.05, 4.69) is 189 Å². The van der Waals surface area contributed by atoms with Crippen LogP contribution >= 0.6 is 7.92 Å². The fourth-order valence-corrected chi connectivity index (χ4v) is 12.6. The van der Waals surface area contributed by atoms with Crippen LogP contribution in [0.3, 0.4) is 0 Å². The zero-order valence-electron chi connectivity index (χ0n) is 31.7. The van der Waals surface area contributed by atoms with Crippen molar-refractivity contribution in [2.24, 2.45) is 0 Å². The molecule has 5 aromatic carbocycles. The molecule has 2 aliphatic rings. The molecule has 2 aromatic heterocycles. The van der Waals surface area contributed by atoms with Gasteiger partial charge in [-0.3, -0.25) is 0 Å². The molecule has 53 heavy (non-hydrogen) atoms. The molecule has 7 aromatic rings. The fourth-order valence-electron chi connectivity index (χ4n) is 9.65. The van der Waals surface area contributed by atoms with E-state index in [1.54, 1.807) is 0 Å². The van der Waals surface area contributed by atoms with E-state index in [1.807, 2.05) is 0 Å². The van der Waals surface area contributed by atoms with Crippen molar-refractivity contribution >= 4 is 34.7 Å². The van der Waals surface area contributed by atoms with Crippen molar-refractivity contribution < 1.29 is 9.13 Å². The van der Waals surface area contributed by atoms with E-state index in [0.29, 0.717) is 0 Å². The van der Waals surface area contributed by atoms with Gasteiger partial charge in [-0.2, -0.15) is 9.13 Å². The molecule has 3 heteroatoms. The van der Waals surface area contributed by atoms with Crippen molar-refractivity contribution in [2.45, 2.75) is 77.8 Å². The van der Waals surface area contributed by atoms with Gasteiger partial charge < -0.3 is 0 Å². The summed E-state index contributed by atoms with van der Waals surface area (Å²) in [6.45, 7) is 13.7. The van der Waals surface area contributed by atoms with Crippen molar-refractivity contribution in [3.8, 4) is 22.5 Å². The highest BCUT2D eigenvalue weighted by Crippen LogP contribution is 2.47. The largest absolute Gasteiger partial charge is 0.213 e. The summed E-state index contributed by atoms with van der Waals surface area (Å²) in [6.07, 6.45) is 5.51. The highest BCUT2D eigenvalue weighted by Gasteiger charge is 2.39. The lowest BCUT2D eigenvalue weighted by atomic mass is 9.70. The predicted molar refractivity (Wildman–Crippen MR) is 223 cm³/mol. The molecule has 9 rings (SSSR count). The third-order valence-electron chi connectivity index (χ3n) is 12.6. The van der Waals surface area contributed by atoms with E-state index < -0.39 is 7.92 Å². The summed E-state index contributed by atoms with van der Waals surface area (Å²) in [6, 6.07) is 53.4. The van der Waals surface area contributed by atoms with Crippen LogP contribution in [0.15, 0.2) is 146 Å². The molecule has 0 radical (unpaired) electrons. The third kappa shape index (κ3) is 5.49. The van der Waals surface area contributed by atoms with Crippen molar-refractivity contribution in [1.82, 2.24) is 0 Å². The zero-order chi connectivity index (χ0) is 36.3. The van der Waals surface area contributed by atoms with Gasteiger partial charge in [0.25, 0.3) is 0 Å². The van der Waals surface area contributed by atoms with Crippen LogP contribution in [0.4, 0.5) is 0 Å². The molecule has 262 valence electrons. The lowest BCUT2D eigenvalue weighted by Gasteiger charge is -2.39. The summed E-state index contributed by atoms with van der Waals surface area (Å²) in [7, 11) is -0.691. The molecule has 1 unspecified atom stereocenters. The Morgan fingerprint density at radius 1 is 0.642 bits per heavy atom. The highest BCUT2D eigenvalue weighted by molar-refractivity contribution is 7.80. The van der Waals surface area contributed by atoms with Gasteiger partial charge in [-0.1, -0.05) is 106 Å². The van der Waals surface area contributed by atoms with Crippen molar-refractivity contribution in [2.75, 3.05) is 0 Å². The Kier molecular flexibility index (Phi) is 8.43. The van der Waals surface area contributed by atoms with Gasteiger partial charge in [0, 0.05) is 58.0 Å². The number of pyridine rings is 2. The van der Waals surface area contributed by atoms with Crippen LogP contribution in [0.25, 0.3) is 33.4 Å². The molecule has 0 amide bonds. The van der Waals surface area contributed by atoms with Gasteiger partial charge in [0.2, 0.25) is 16.9 Å². The third-order valence-corrected chi connectivity index (χ3v) is 15.1. The standard InChI is InChI=1S/C50H49N2P/c1-6-50(29-31-51-30-15-14-20-45(51)39-16-8-9-17-41(39)50)34-36-24-27-44-37(32-36)25-28-46(52(44)7-2)40-33-38(26-23-35(40)3)53-47-21-12-10-18-42(47)49(4,5)43-19-11-13-22-48(43)53/h8-28,30,32-33H,6-7,29,31,34H2,1-5H3/q+2. The van der Waals surface area contributed by atoms with Crippen LogP contribution in [0.2, 0.25) is 0 Å². The van der Waals surface area contributed by atoms with Gasteiger partial charge in [-0.25, -0.2) is 0 Å². The first-order chi connectivity index (χ1) is 25.8. The maximum atomic E-state index is 2.54. The molecule has 0 fully saturated rings. The molecule has 0 aliphatic carbocycles. The average Bonchev–Trinajstić information content (AvgIpc) is 3.33. The normalized spacial score (nSPS) is 17.4. The number of benzene rings is 5. The minimum atomic E-state index is -0.691. The van der Waals surface area contributed by atoms with Gasteiger partial charge in [0.1, 0.15) is 13.1 Å². The van der Waals surface area contributed by atoms with Crippen LogP contribution in [0.1, 0.15) is 68.4 Å². The van der Waals surface area contributed by atoms with E-state index in [0.717, 1.165) is 32.4 Å². The second-order valence-electron chi connectivity index (χ2n) is 15.7. The zero-order valence-corrected chi connectivity index (χ0v) is 32.6. The lowest BCUT2D eigenvalue weighted by molar-refractivity contribution is -0.687. The van der Waals surface area contributed by atoms with Crippen molar-refractivity contribution in [1.29, 1.82) is 0 Å². The van der Waals surface area contributed by atoms with E-state index in [9.17, 15) is 0 Å². The summed E-state index contributed by atoms with van der Waals surface area (Å²) in [4.78, 5) is 0. The number of aryl methyl sites for hydroxylation is 3. The second-order valence-corrected chi connectivity index (χ2v) is 17.9. The van der Waals surface area contributed by atoms with Crippen LogP contribution in [-0.2, 0) is 30.3 Å². The molecule has 2 nitrogen and oxygen atoms in total. The van der Waals surface area contributed by atoms with Gasteiger partial charge in [-0.05, 0) is 109 Å². The topological polar surface area (TPSA) is 7.76 Å². The minimum absolute atomic E-state index is 0.0255. The summed E-state index contributed by atoms with van der Waals surface area (Å²) >= 11 is 0. The Bertz CT molecular complexity index is 2480. The number of fused-ring (bicyclic) bond motifs is 6. The highest BCUT2D eigenvalue weighted by atomic mass is 31.1. The van der Waals surface area contributed by atoms with E-state index in [-0.39, 0.29) is 10.8 Å². The first kappa shape index (κ1) is 33.9. The molecule has 0 spiro atoms. The Hall–Kier alpha value is -4.91. The van der Waals surface area contributed by atoms with Crippen LogP contribution in [0, 0.1) is 6.92 Å². The van der Waals surface area contributed by atoms with Crippen LogP contribution < -0.4 is 25.0 Å². The fraction of sp³-hybridized carbons (Fsp3) is 0.240. The number of nitrogens with zero attached hydrogens (tertiary/aromatic N) is 2. The van der Waals surface area contributed by atoms with E-state index in [4.69, 9.17) is 0 Å². The average molecular weight is 709 g/mol. The lowest BCUT2D eigenvalue weighted by Crippen LogP contribution is -2.40. The molecule has 0 saturated heterocycles. The van der Waals surface area contributed by atoms with Gasteiger partial charge in [-0.15, -0.1) is 0 Å². The summed E-state index contributed by atoms with van der Waals surface area (Å²) in [5.74, 6) is 0. The summed E-state index contributed by atoms with van der Waals surface area (Å²) < 4.78 is 4.99. The SMILES string of the molecule is CC[n+]1c(-c2cc(P3c4ccccc4C(C)(C)c4ccccc43)ccc2C)ccc2cc(CC3(CC)CC[n+]4ccccc4-c4ccccc43)ccc21. The van der Waals surface area contributed by atoms with Crippen LogP contribution in [-0.4, -0.2) is 0 Å². The van der Waals surface area contributed by atoms with Gasteiger partial charge in [0.05, 0.1) is 0 Å². The molecule has 0 saturated carbocycles. The Labute approximate surface area is 316 Å². The van der Waals surface area contributed by atoms with Crippen LogP contribution in [0.5, 0.6) is 0 Å². The number of aromatic nitrogens is 2. The Balaban J connectivity index is 1.11. The van der Waals surface area contributed by atoms with Crippen molar-refractivity contribution in [3.05, 3.63) is 174 Å². The predicted octanol–water partition coefficient (Wildman–Crippen LogP) is 9.77. The first-order valence-electron chi connectivity index (χ1n) is 19.5. The number of hydrogen-bond acceptors (Lipinski definition) is 0. The summed E-state index contributed by atoms with van der Waals surface area (Å²) in [5.41, 5.74) is 13.8. The quantitative estimate of drug-likeness (QED) is 0.120.